The van der Waals surface area contributed by atoms with E-state index in [1.54, 1.807) is 6.92 Å². The van der Waals surface area contributed by atoms with Gasteiger partial charge in [-0.1, -0.05) is 6.92 Å². The molecule has 0 heterocycles. The molecule has 1 atom stereocenters. The highest BCUT2D eigenvalue weighted by Crippen LogP contribution is 2.07. The van der Waals surface area contributed by atoms with Crippen LogP contribution in [0.15, 0.2) is 0 Å². The lowest BCUT2D eigenvalue weighted by Crippen LogP contribution is -2.22. The molecule has 0 aliphatic carbocycles. The maximum atomic E-state index is 10.0. The fourth-order valence-corrected chi connectivity index (χ4v) is 0.409. The Balaban J connectivity index is 3.45. The SMILES string of the molecule is CC([C]=O)COC(C)(C)C. The monoisotopic (exact) mass is 143 g/mol. The minimum Gasteiger partial charge on any atom is -0.375 e. The van der Waals surface area contributed by atoms with Gasteiger partial charge in [-0.25, -0.2) is 0 Å². The molecule has 1 unspecified atom stereocenters. The molecule has 10 heavy (non-hydrogen) atoms. The maximum Gasteiger partial charge on any atom is 0.203 e. The van der Waals surface area contributed by atoms with Crippen LogP contribution in [0.5, 0.6) is 0 Å². The number of hydrogen-bond acceptors (Lipinski definition) is 2. The molecule has 0 fully saturated rings. The van der Waals surface area contributed by atoms with Gasteiger partial charge in [0.25, 0.3) is 0 Å². The van der Waals surface area contributed by atoms with Crippen molar-refractivity contribution in [2.24, 2.45) is 5.92 Å². The largest absolute Gasteiger partial charge is 0.375 e. The number of rotatable bonds is 3. The summed E-state index contributed by atoms with van der Waals surface area (Å²) in [5, 5.41) is 0. The normalized spacial score (nSPS) is 14.8. The summed E-state index contributed by atoms with van der Waals surface area (Å²) in [5.41, 5.74) is -0.148. The van der Waals surface area contributed by atoms with Crippen molar-refractivity contribution in [3.8, 4) is 0 Å². The smallest absolute Gasteiger partial charge is 0.203 e. The van der Waals surface area contributed by atoms with E-state index in [-0.39, 0.29) is 11.5 Å². The number of carbonyl (C=O) groups excluding carboxylic acids is 1. The topological polar surface area (TPSA) is 26.3 Å². The predicted molar refractivity (Wildman–Crippen MR) is 40.6 cm³/mol. The van der Waals surface area contributed by atoms with Crippen LogP contribution in [0.2, 0.25) is 0 Å². The molecule has 2 heteroatoms. The van der Waals surface area contributed by atoms with Crippen LogP contribution in [0.4, 0.5) is 0 Å². The van der Waals surface area contributed by atoms with E-state index in [4.69, 9.17) is 4.74 Å². The van der Waals surface area contributed by atoms with E-state index in [0.717, 1.165) is 0 Å². The third-order valence-electron chi connectivity index (χ3n) is 0.968. The van der Waals surface area contributed by atoms with Crippen LogP contribution in [0.25, 0.3) is 0 Å². The Morgan fingerprint density at radius 2 is 2.00 bits per heavy atom. The van der Waals surface area contributed by atoms with Crippen LogP contribution in [-0.4, -0.2) is 18.5 Å². The highest BCUT2D eigenvalue weighted by molar-refractivity contribution is 5.53. The van der Waals surface area contributed by atoms with Crippen molar-refractivity contribution >= 4 is 6.29 Å². The van der Waals surface area contributed by atoms with Crippen LogP contribution < -0.4 is 0 Å². The molecule has 0 aliphatic heterocycles. The molecule has 0 amide bonds. The summed E-state index contributed by atoms with van der Waals surface area (Å²) >= 11 is 0. The van der Waals surface area contributed by atoms with Gasteiger partial charge in [0.1, 0.15) is 0 Å². The molecule has 0 aromatic carbocycles. The van der Waals surface area contributed by atoms with E-state index in [2.05, 4.69) is 0 Å². The molecule has 0 aliphatic rings. The third-order valence-corrected chi connectivity index (χ3v) is 0.968. The lowest BCUT2D eigenvalue weighted by atomic mass is 10.2. The first-order valence-corrected chi connectivity index (χ1v) is 3.47. The first-order chi connectivity index (χ1) is 4.45. The van der Waals surface area contributed by atoms with Gasteiger partial charge in [-0.15, -0.1) is 0 Å². The molecule has 0 N–H and O–H groups in total. The Morgan fingerprint density at radius 3 is 2.30 bits per heavy atom. The fraction of sp³-hybridized carbons (Fsp3) is 0.875. The van der Waals surface area contributed by atoms with Gasteiger partial charge in [-0.05, 0) is 20.8 Å². The zero-order valence-corrected chi connectivity index (χ0v) is 7.10. The van der Waals surface area contributed by atoms with E-state index in [0.29, 0.717) is 6.61 Å². The van der Waals surface area contributed by atoms with Gasteiger partial charge in [0, 0.05) is 5.92 Å². The van der Waals surface area contributed by atoms with E-state index >= 15 is 0 Å². The quantitative estimate of drug-likeness (QED) is 0.599. The summed E-state index contributed by atoms with van der Waals surface area (Å²) in [5.74, 6) is -0.112. The summed E-state index contributed by atoms with van der Waals surface area (Å²) in [6, 6.07) is 0. The number of hydrogen-bond donors (Lipinski definition) is 0. The van der Waals surface area contributed by atoms with Gasteiger partial charge >= 0.3 is 0 Å². The van der Waals surface area contributed by atoms with Crippen molar-refractivity contribution in [3.63, 3.8) is 0 Å². The average molecular weight is 143 g/mol. The standard InChI is InChI=1S/C8H15O2/c1-7(5-9)6-10-8(2,3)4/h7H,6H2,1-4H3. The molecule has 0 saturated carbocycles. The van der Waals surface area contributed by atoms with Crippen LogP contribution in [-0.2, 0) is 9.53 Å². The second-order valence-corrected chi connectivity index (χ2v) is 3.44. The minimum atomic E-state index is -0.148. The third kappa shape index (κ3) is 5.76. The van der Waals surface area contributed by atoms with Crippen molar-refractivity contribution in [1.29, 1.82) is 0 Å². The summed E-state index contributed by atoms with van der Waals surface area (Å²) in [6.45, 7) is 8.14. The van der Waals surface area contributed by atoms with Gasteiger partial charge in [0.05, 0.1) is 12.2 Å². The molecule has 59 valence electrons. The minimum absolute atomic E-state index is 0.112. The molecule has 1 radical (unpaired) electrons. The van der Waals surface area contributed by atoms with E-state index < -0.39 is 0 Å². The van der Waals surface area contributed by atoms with Crippen LogP contribution >= 0.6 is 0 Å². The zero-order chi connectivity index (χ0) is 8.20. The molecular formula is C8H15O2. The Hall–Kier alpha value is -0.370. The van der Waals surface area contributed by atoms with Crippen LogP contribution in [0, 0.1) is 5.92 Å². The molecule has 0 saturated heterocycles. The summed E-state index contributed by atoms with van der Waals surface area (Å²) in [7, 11) is 0. The maximum absolute atomic E-state index is 10.0. The Bertz CT molecular complexity index is 102. The predicted octanol–water partition coefficient (Wildman–Crippen LogP) is 1.55. The van der Waals surface area contributed by atoms with Gasteiger partial charge < -0.3 is 4.74 Å². The van der Waals surface area contributed by atoms with Gasteiger partial charge in [0.2, 0.25) is 6.29 Å². The second kappa shape index (κ2) is 3.71. The van der Waals surface area contributed by atoms with Gasteiger partial charge in [-0.3, -0.25) is 4.79 Å². The van der Waals surface area contributed by atoms with Crippen molar-refractivity contribution in [3.05, 3.63) is 0 Å². The zero-order valence-electron chi connectivity index (χ0n) is 7.10. The van der Waals surface area contributed by atoms with Crippen LogP contribution in [0.3, 0.4) is 0 Å². The molecular weight excluding hydrogens is 128 g/mol. The highest BCUT2D eigenvalue weighted by atomic mass is 16.5. The Labute approximate surface area is 62.6 Å². The van der Waals surface area contributed by atoms with E-state index in [1.807, 2.05) is 27.1 Å². The second-order valence-electron chi connectivity index (χ2n) is 3.44. The molecule has 0 rings (SSSR count). The average Bonchev–Trinajstić information content (AvgIpc) is 1.81. The van der Waals surface area contributed by atoms with E-state index in [9.17, 15) is 4.79 Å². The highest BCUT2D eigenvalue weighted by Gasteiger charge is 2.11. The van der Waals surface area contributed by atoms with Crippen molar-refractivity contribution < 1.29 is 9.53 Å². The van der Waals surface area contributed by atoms with Crippen molar-refractivity contribution in [2.45, 2.75) is 33.3 Å². The van der Waals surface area contributed by atoms with Gasteiger partial charge in [0.15, 0.2) is 0 Å². The molecule has 0 bridgehead atoms. The summed E-state index contributed by atoms with van der Waals surface area (Å²) in [4.78, 5) is 10.0. The molecule has 0 aromatic heterocycles. The summed E-state index contributed by atoms with van der Waals surface area (Å²) in [6.07, 6.45) is 1.86. The van der Waals surface area contributed by atoms with Crippen LogP contribution in [0.1, 0.15) is 27.7 Å². The number of ether oxygens (including phenoxy) is 1. The van der Waals surface area contributed by atoms with Crippen molar-refractivity contribution in [2.75, 3.05) is 6.61 Å². The summed E-state index contributed by atoms with van der Waals surface area (Å²) < 4.78 is 5.32. The fourth-order valence-electron chi connectivity index (χ4n) is 0.409. The van der Waals surface area contributed by atoms with Crippen molar-refractivity contribution in [1.82, 2.24) is 0 Å². The lowest BCUT2D eigenvalue weighted by molar-refractivity contribution is -0.0107. The first-order valence-electron chi connectivity index (χ1n) is 3.47. The molecule has 0 aromatic rings. The van der Waals surface area contributed by atoms with E-state index in [1.165, 1.54) is 0 Å². The first kappa shape index (κ1) is 9.63. The van der Waals surface area contributed by atoms with Gasteiger partial charge in [-0.2, -0.15) is 0 Å². The molecule has 2 nitrogen and oxygen atoms in total. The Morgan fingerprint density at radius 1 is 1.50 bits per heavy atom. The Kier molecular flexibility index (Phi) is 3.58. The lowest BCUT2D eigenvalue weighted by Gasteiger charge is -2.20. The molecule has 0 spiro atoms.